The minimum atomic E-state index is 0. The van der Waals surface area contributed by atoms with Gasteiger partial charge >= 0.3 is 0 Å². The van der Waals surface area contributed by atoms with Crippen molar-refractivity contribution in [1.82, 2.24) is 14.1 Å². The van der Waals surface area contributed by atoms with E-state index in [9.17, 15) is 0 Å². The zero-order valence-electron chi connectivity index (χ0n) is 12.7. The Morgan fingerprint density at radius 1 is 1.45 bits per heavy atom. The van der Waals surface area contributed by atoms with Crippen molar-refractivity contribution in [2.75, 3.05) is 44.4 Å². The number of ether oxygens (including phenoxy) is 2. The maximum atomic E-state index is 8.99. The Balaban J connectivity index is 0.00000242. The molecule has 0 amide bonds. The molecule has 0 bridgehead atoms. The number of rotatable bonds is 7. The molecule has 1 aliphatic rings. The van der Waals surface area contributed by atoms with Crippen molar-refractivity contribution in [3.8, 4) is 5.88 Å². The van der Waals surface area contributed by atoms with Crippen LogP contribution in [0, 0.1) is 0 Å². The molecular formula is C12H22ClN5O3S. The van der Waals surface area contributed by atoms with Gasteiger partial charge in [-0.15, -0.1) is 16.8 Å². The Hall–Kier alpha value is -1.16. The first kappa shape index (κ1) is 18.9. The number of hydrogen-bond donors (Lipinski definition) is 2. The summed E-state index contributed by atoms with van der Waals surface area (Å²) in [6, 6.07) is 0.312. The highest BCUT2D eigenvalue weighted by Crippen LogP contribution is 2.26. The van der Waals surface area contributed by atoms with Crippen LogP contribution in [-0.2, 0) is 4.74 Å². The van der Waals surface area contributed by atoms with Crippen molar-refractivity contribution in [3.05, 3.63) is 0 Å². The number of morpholine rings is 1. The number of anilines is 1. The van der Waals surface area contributed by atoms with E-state index in [1.165, 1.54) is 0 Å². The molecule has 1 aromatic heterocycles. The average Bonchev–Trinajstić information content (AvgIpc) is 2.96. The van der Waals surface area contributed by atoms with Gasteiger partial charge in [0, 0.05) is 25.7 Å². The van der Waals surface area contributed by atoms with Gasteiger partial charge in [0.2, 0.25) is 5.82 Å². The monoisotopic (exact) mass is 351 g/mol. The van der Waals surface area contributed by atoms with Crippen molar-refractivity contribution >= 4 is 35.7 Å². The molecule has 0 unspecified atom stereocenters. The minimum Gasteiger partial charge on any atom is -0.468 e. The highest BCUT2D eigenvalue weighted by molar-refractivity contribution is 6.99. The topological polar surface area (TPSA) is 92.1 Å². The smallest absolute Gasteiger partial charge is 0.271 e. The van der Waals surface area contributed by atoms with E-state index in [-0.39, 0.29) is 19.0 Å². The van der Waals surface area contributed by atoms with Crippen LogP contribution < -0.4 is 15.0 Å². The molecule has 0 atom stereocenters. The number of nitrogens with one attached hydrogen (secondary N) is 1. The molecule has 0 spiro atoms. The van der Waals surface area contributed by atoms with E-state index in [1.807, 2.05) is 13.8 Å². The van der Waals surface area contributed by atoms with Crippen LogP contribution in [0.15, 0.2) is 5.16 Å². The Kier molecular flexibility index (Phi) is 8.39. The molecule has 1 aromatic rings. The average molecular weight is 352 g/mol. The van der Waals surface area contributed by atoms with Gasteiger partial charge in [-0.05, 0) is 0 Å². The lowest BCUT2D eigenvalue weighted by molar-refractivity contribution is 0.122. The van der Waals surface area contributed by atoms with Crippen LogP contribution in [0.5, 0.6) is 5.88 Å². The fraction of sp³-hybridized carbons (Fsp3) is 0.750. The predicted octanol–water partition coefficient (Wildman–Crippen LogP) is 1.00. The van der Waals surface area contributed by atoms with Crippen LogP contribution in [0.3, 0.4) is 0 Å². The molecule has 0 aromatic carbocycles. The van der Waals surface area contributed by atoms with E-state index in [4.69, 9.17) is 14.7 Å². The van der Waals surface area contributed by atoms with Gasteiger partial charge in [0.05, 0.1) is 24.9 Å². The summed E-state index contributed by atoms with van der Waals surface area (Å²) in [5.74, 6) is 1.21. The van der Waals surface area contributed by atoms with Crippen LogP contribution in [0.25, 0.3) is 0 Å². The predicted molar refractivity (Wildman–Crippen MR) is 88.0 cm³/mol. The van der Waals surface area contributed by atoms with Gasteiger partial charge in [-0.2, -0.15) is 4.37 Å². The summed E-state index contributed by atoms with van der Waals surface area (Å²) in [5.41, 5.74) is 0.518. The summed E-state index contributed by atoms with van der Waals surface area (Å²) >= 11 is 1.11. The lowest BCUT2D eigenvalue weighted by atomic mass is 10.3. The van der Waals surface area contributed by atoms with Gasteiger partial charge in [0.1, 0.15) is 12.3 Å². The molecule has 0 aliphatic carbocycles. The van der Waals surface area contributed by atoms with Gasteiger partial charge in [0.25, 0.3) is 5.88 Å². The Labute approximate surface area is 140 Å². The normalized spacial score (nSPS) is 15.8. The van der Waals surface area contributed by atoms with E-state index in [0.717, 1.165) is 30.6 Å². The first-order valence-electron chi connectivity index (χ1n) is 6.92. The fourth-order valence-electron chi connectivity index (χ4n) is 1.82. The van der Waals surface area contributed by atoms with Gasteiger partial charge < -0.3 is 24.9 Å². The van der Waals surface area contributed by atoms with Crippen molar-refractivity contribution in [2.24, 2.45) is 5.16 Å². The van der Waals surface area contributed by atoms with Gasteiger partial charge in [-0.3, -0.25) is 0 Å². The number of hydrogen-bond acceptors (Lipinski definition) is 9. The Bertz CT molecular complexity index is 465. The molecule has 2 heterocycles. The van der Waals surface area contributed by atoms with Gasteiger partial charge in [-0.25, -0.2) is 0 Å². The van der Waals surface area contributed by atoms with Crippen LogP contribution in [-0.4, -0.2) is 65.2 Å². The zero-order valence-corrected chi connectivity index (χ0v) is 14.3. The lowest BCUT2D eigenvalue weighted by Crippen LogP contribution is -2.37. The second kappa shape index (κ2) is 9.78. The quantitative estimate of drug-likeness (QED) is 0.430. The number of aromatic nitrogens is 2. The van der Waals surface area contributed by atoms with Crippen LogP contribution >= 0.6 is 24.1 Å². The van der Waals surface area contributed by atoms with E-state index in [1.54, 1.807) is 0 Å². The molecule has 1 saturated heterocycles. The molecule has 0 radical (unpaired) electrons. The number of nitrogens with zero attached hydrogens (tertiary/aromatic N) is 4. The van der Waals surface area contributed by atoms with Crippen molar-refractivity contribution in [1.29, 1.82) is 0 Å². The molecule has 1 fully saturated rings. The van der Waals surface area contributed by atoms with E-state index >= 15 is 0 Å². The molecule has 2 N–H and O–H groups in total. The molecule has 126 valence electrons. The highest BCUT2D eigenvalue weighted by atomic mass is 35.5. The molecule has 10 heteroatoms. The first-order valence-corrected chi connectivity index (χ1v) is 7.65. The fourth-order valence-corrected chi connectivity index (χ4v) is 2.34. The maximum absolute atomic E-state index is 8.99. The summed E-state index contributed by atoms with van der Waals surface area (Å²) in [5, 5.41) is 15.4. The summed E-state index contributed by atoms with van der Waals surface area (Å²) in [6.07, 6.45) is 0. The van der Waals surface area contributed by atoms with Crippen LogP contribution in [0.2, 0.25) is 0 Å². The third-order valence-corrected chi connectivity index (χ3v) is 3.49. The highest BCUT2D eigenvalue weighted by Gasteiger charge is 2.20. The molecule has 22 heavy (non-hydrogen) atoms. The second-order valence-corrected chi connectivity index (χ2v) is 5.51. The molecule has 8 nitrogen and oxygen atoms in total. The number of halogens is 1. The first-order chi connectivity index (χ1) is 10.2. The molecular weight excluding hydrogens is 330 g/mol. The minimum absolute atomic E-state index is 0. The maximum Gasteiger partial charge on any atom is 0.271 e. The van der Waals surface area contributed by atoms with E-state index in [0.29, 0.717) is 37.4 Å². The van der Waals surface area contributed by atoms with Crippen molar-refractivity contribution in [3.63, 3.8) is 0 Å². The Morgan fingerprint density at radius 3 is 2.82 bits per heavy atom. The van der Waals surface area contributed by atoms with Crippen molar-refractivity contribution < 1.29 is 14.7 Å². The summed E-state index contributed by atoms with van der Waals surface area (Å²) in [4.78, 5) is 2.09. The largest absolute Gasteiger partial charge is 0.468 e. The molecule has 2 rings (SSSR count). The number of oxime groups is 1. The molecule has 1 aliphatic heterocycles. The van der Waals surface area contributed by atoms with Gasteiger partial charge in [0.15, 0.2) is 0 Å². The second-order valence-electron chi connectivity index (χ2n) is 4.98. The summed E-state index contributed by atoms with van der Waals surface area (Å²) in [6.45, 7) is 7.61. The van der Waals surface area contributed by atoms with Gasteiger partial charge in [-0.1, -0.05) is 19.0 Å². The third-order valence-electron chi connectivity index (χ3n) is 2.98. The molecule has 0 saturated carbocycles. The van der Waals surface area contributed by atoms with Crippen LogP contribution in [0.4, 0.5) is 5.82 Å². The van der Waals surface area contributed by atoms with Crippen LogP contribution in [0.1, 0.15) is 13.8 Å². The Morgan fingerprint density at radius 2 is 2.18 bits per heavy atom. The lowest BCUT2D eigenvalue weighted by Gasteiger charge is -2.26. The third kappa shape index (κ3) is 5.56. The van der Waals surface area contributed by atoms with E-state index < -0.39 is 0 Å². The SMILES string of the molecule is CC(C)NC/C(COc1nsnc1N1CCOCC1)=N\O.Cl. The zero-order chi connectivity index (χ0) is 15.1. The summed E-state index contributed by atoms with van der Waals surface area (Å²) < 4.78 is 19.4. The standard InChI is InChI=1S/C12H21N5O3S.ClH/c1-9(2)13-7-10(14-18)8-20-12-11(15-21-16-12)17-3-5-19-6-4-17;/h9,13,18H,3-8H2,1-2H3;1H/b14-10+;. The summed E-state index contributed by atoms with van der Waals surface area (Å²) in [7, 11) is 0. The van der Waals surface area contributed by atoms with E-state index in [2.05, 4.69) is 24.1 Å². The van der Waals surface area contributed by atoms with Crippen molar-refractivity contribution in [2.45, 2.75) is 19.9 Å².